The van der Waals surface area contributed by atoms with E-state index in [4.69, 9.17) is 4.74 Å². The summed E-state index contributed by atoms with van der Waals surface area (Å²) in [6.07, 6.45) is 0. The minimum Gasteiger partial charge on any atom is -0.466 e. The largest absolute Gasteiger partial charge is 0.466 e. The molecule has 0 aliphatic heterocycles. The summed E-state index contributed by atoms with van der Waals surface area (Å²) in [6, 6.07) is 0. The Kier molecular flexibility index (Phi) is 2.85. The zero-order valence-electron chi connectivity index (χ0n) is 9.26. The van der Waals surface area contributed by atoms with E-state index in [1.54, 1.807) is 0 Å². The smallest absolute Gasteiger partial charge is 0.309 e. The monoisotopic (exact) mass is 200 g/mol. The highest BCUT2D eigenvalue weighted by atomic mass is 28.3. The van der Waals surface area contributed by atoms with Crippen LogP contribution in [0.15, 0.2) is 0 Å². The van der Waals surface area contributed by atoms with E-state index in [-0.39, 0.29) is 11.9 Å². The van der Waals surface area contributed by atoms with Gasteiger partial charge in [-0.2, -0.15) is 0 Å². The zero-order valence-corrected chi connectivity index (χ0v) is 10.3. The first kappa shape index (κ1) is 10.8. The fourth-order valence-electron chi connectivity index (χ4n) is 2.39. The summed E-state index contributed by atoms with van der Waals surface area (Å²) < 4.78 is 5.04. The Balaban J connectivity index is 2.53. The Labute approximate surface area is 81.7 Å². The second-order valence-electron chi connectivity index (χ2n) is 5.03. The van der Waals surface area contributed by atoms with Crippen LogP contribution < -0.4 is 0 Å². The first-order chi connectivity index (χ1) is 5.89. The first-order valence-electron chi connectivity index (χ1n) is 5.06. The fraction of sp³-hybridized carbons (Fsp3) is 0.900. The zero-order chi connectivity index (χ0) is 10.2. The van der Waals surface area contributed by atoms with Crippen LogP contribution in [-0.2, 0) is 9.53 Å². The lowest BCUT2D eigenvalue weighted by Gasteiger charge is -2.15. The molecule has 1 fully saturated rings. The van der Waals surface area contributed by atoms with E-state index < -0.39 is 8.07 Å². The van der Waals surface area contributed by atoms with Gasteiger partial charge in [0.2, 0.25) is 0 Å². The van der Waals surface area contributed by atoms with Crippen molar-refractivity contribution in [2.75, 3.05) is 6.61 Å². The van der Waals surface area contributed by atoms with Crippen LogP contribution in [0, 0.1) is 11.8 Å². The number of hydrogen-bond donors (Lipinski definition) is 0. The van der Waals surface area contributed by atoms with Gasteiger partial charge in [0, 0.05) is 8.07 Å². The molecule has 0 heterocycles. The second-order valence-corrected chi connectivity index (χ2v) is 10.4. The SMILES string of the molecule is CCOC(=O)C1C(C)C1[Si](C)(C)C. The molecule has 0 bridgehead atoms. The predicted molar refractivity (Wildman–Crippen MR) is 56.4 cm³/mol. The Morgan fingerprint density at radius 2 is 1.92 bits per heavy atom. The average Bonchev–Trinajstić information content (AvgIpc) is 2.60. The van der Waals surface area contributed by atoms with E-state index >= 15 is 0 Å². The molecule has 3 atom stereocenters. The van der Waals surface area contributed by atoms with E-state index in [0.29, 0.717) is 18.1 Å². The molecule has 0 aromatic heterocycles. The van der Waals surface area contributed by atoms with Gasteiger partial charge in [-0.3, -0.25) is 4.79 Å². The molecule has 0 aromatic rings. The van der Waals surface area contributed by atoms with Gasteiger partial charge in [-0.15, -0.1) is 0 Å². The number of esters is 1. The third kappa shape index (κ3) is 2.13. The molecule has 0 N–H and O–H groups in total. The van der Waals surface area contributed by atoms with Crippen LogP contribution in [0.25, 0.3) is 0 Å². The molecular formula is C10H20O2Si. The summed E-state index contributed by atoms with van der Waals surface area (Å²) in [5.74, 6) is 0.805. The van der Waals surface area contributed by atoms with Crippen LogP contribution >= 0.6 is 0 Å². The first-order valence-corrected chi connectivity index (χ1v) is 8.64. The van der Waals surface area contributed by atoms with Gasteiger partial charge < -0.3 is 4.74 Å². The van der Waals surface area contributed by atoms with E-state index in [0.717, 1.165) is 0 Å². The van der Waals surface area contributed by atoms with E-state index in [1.807, 2.05) is 6.92 Å². The lowest BCUT2D eigenvalue weighted by molar-refractivity contribution is -0.144. The van der Waals surface area contributed by atoms with Gasteiger partial charge in [0.25, 0.3) is 0 Å². The molecule has 1 aliphatic carbocycles. The van der Waals surface area contributed by atoms with Crippen molar-refractivity contribution >= 4 is 14.0 Å². The molecule has 0 amide bonds. The maximum absolute atomic E-state index is 11.5. The average molecular weight is 200 g/mol. The Hall–Kier alpha value is -0.313. The Morgan fingerprint density at radius 3 is 2.23 bits per heavy atom. The van der Waals surface area contributed by atoms with E-state index in [2.05, 4.69) is 26.6 Å². The third-order valence-electron chi connectivity index (χ3n) is 2.94. The Morgan fingerprint density at radius 1 is 1.38 bits per heavy atom. The van der Waals surface area contributed by atoms with Crippen molar-refractivity contribution in [1.82, 2.24) is 0 Å². The molecule has 0 saturated heterocycles. The third-order valence-corrected chi connectivity index (χ3v) is 5.82. The maximum atomic E-state index is 11.5. The Bertz CT molecular complexity index is 207. The summed E-state index contributed by atoms with van der Waals surface area (Å²) in [5, 5.41) is 0. The summed E-state index contributed by atoms with van der Waals surface area (Å²) >= 11 is 0. The number of carbonyl (C=O) groups is 1. The van der Waals surface area contributed by atoms with Gasteiger partial charge in [-0.25, -0.2) is 0 Å². The standard InChI is InChI=1S/C10H20O2Si/c1-6-12-10(11)8-7(2)9(8)13(3,4)5/h7-9H,6H2,1-5H3. The van der Waals surface area contributed by atoms with E-state index in [9.17, 15) is 4.79 Å². The summed E-state index contributed by atoms with van der Waals surface area (Å²) in [7, 11) is -1.14. The number of hydrogen-bond acceptors (Lipinski definition) is 2. The highest BCUT2D eigenvalue weighted by Crippen LogP contribution is 2.57. The highest BCUT2D eigenvalue weighted by Gasteiger charge is 2.58. The molecule has 1 rings (SSSR count). The lowest BCUT2D eigenvalue weighted by atomic mass is 10.3. The number of carbonyl (C=O) groups excluding carboxylic acids is 1. The summed E-state index contributed by atoms with van der Waals surface area (Å²) in [6.45, 7) is 11.5. The van der Waals surface area contributed by atoms with Crippen LogP contribution in [0.5, 0.6) is 0 Å². The molecule has 3 heteroatoms. The molecule has 1 saturated carbocycles. The second kappa shape index (κ2) is 3.44. The molecule has 13 heavy (non-hydrogen) atoms. The summed E-state index contributed by atoms with van der Waals surface area (Å²) in [5.41, 5.74) is 0.645. The quantitative estimate of drug-likeness (QED) is 0.517. The van der Waals surface area contributed by atoms with Crippen molar-refractivity contribution < 1.29 is 9.53 Å². The molecule has 76 valence electrons. The molecule has 2 nitrogen and oxygen atoms in total. The minimum atomic E-state index is -1.14. The van der Waals surface area contributed by atoms with Crippen LogP contribution in [0.2, 0.25) is 25.2 Å². The predicted octanol–water partition coefficient (Wildman–Crippen LogP) is 2.52. The topological polar surface area (TPSA) is 26.3 Å². The van der Waals surface area contributed by atoms with Crippen molar-refractivity contribution in [3.63, 3.8) is 0 Å². The van der Waals surface area contributed by atoms with Gasteiger partial charge in [0.15, 0.2) is 0 Å². The van der Waals surface area contributed by atoms with Crippen LogP contribution in [0.4, 0.5) is 0 Å². The van der Waals surface area contributed by atoms with E-state index in [1.165, 1.54) is 0 Å². The molecule has 0 radical (unpaired) electrons. The van der Waals surface area contributed by atoms with Crippen LogP contribution in [-0.4, -0.2) is 20.7 Å². The maximum Gasteiger partial charge on any atom is 0.309 e. The van der Waals surface area contributed by atoms with Crippen molar-refractivity contribution in [3.8, 4) is 0 Å². The molecule has 0 aromatic carbocycles. The minimum absolute atomic E-state index is 0.0300. The normalized spacial score (nSPS) is 32.8. The lowest BCUT2D eigenvalue weighted by Crippen LogP contribution is -2.23. The molecule has 0 spiro atoms. The van der Waals surface area contributed by atoms with Crippen molar-refractivity contribution in [3.05, 3.63) is 0 Å². The van der Waals surface area contributed by atoms with Gasteiger partial charge in [0.1, 0.15) is 0 Å². The fourth-order valence-corrected chi connectivity index (χ4v) is 5.58. The summed E-state index contributed by atoms with van der Waals surface area (Å²) in [4.78, 5) is 11.5. The van der Waals surface area contributed by atoms with Crippen molar-refractivity contribution in [2.24, 2.45) is 11.8 Å². The van der Waals surface area contributed by atoms with Gasteiger partial charge >= 0.3 is 5.97 Å². The molecule has 3 unspecified atom stereocenters. The van der Waals surface area contributed by atoms with Crippen LogP contribution in [0.3, 0.4) is 0 Å². The van der Waals surface area contributed by atoms with Crippen molar-refractivity contribution in [1.29, 1.82) is 0 Å². The highest BCUT2D eigenvalue weighted by molar-refractivity contribution is 6.78. The van der Waals surface area contributed by atoms with Gasteiger partial charge in [-0.1, -0.05) is 26.6 Å². The number of rotatable bonds is 3. The van der Waals surface area contributed by atoms with Crippen LogP contribution in [0.1, 0.15) is 13.8 Å². The van der Waals surface area contributed by atoms with Gasteiger partial charge in [-0.05, 0) is 18.4 Å². The van der Waals surface area contributed by atoms with Crippen molar-refractivity contribution in [2.45, 2.75) is 39.0 Å². The number of ether oxygens (including phenoxy) is 1. The molecular weight excluding hydrogens is 180 g/mol. The van der Waals surface area contributed by atoms with Gasteiger partial charge in [0.05, 0.1) is 12.5 Å². The molecule has 1 aliphatic rings.